The summed E-state index contributed by atoms with van der Waals surface area (Å²) in [5, 5.41) is 25.0. The molecule has 2 spiro atoms. The average Bonchev–Trinajstić information content (AvgIpc) is 3.84. The van der Waals surface area contributed by atoms with E-state index in [1.165, 1.54) is 18.3 Å². The van der Waals surface area contributed by atoms with Crippen LogP contribution < -0.4 is 10.6 Å². The molecule has 2 bridgehead atoms. The van der Waals surface area contributed by atoms with Crippen LogP contribution in [0.5, 0.6) is 0 Å². The molecule has 1 unspecified atom stereocenters. The number of nitriles is 1. The molecule has 0 radical (unpaired) electrons. The molecule has 64 heavy (non-hydrogen) atoms. The van der Waals surface area contributed by atoms with Gasteiger partial charge in [-0.3, -0.25) is 58.0 Å². The lowest BCUT2D eigenvalue weighted by Gasteiger charge is -2.50. The van der Waals surface area contributed by atoms with E-state index in [1.54, 1.807) is 32.9 Å². The Bertz CT molecular complexity index is 2300. The minimum Gasteiger partial charge on any atom is -0.480 e. The highest BCUT2D eigenvalue weighted by Crippen LogP contribution is 2.46. The second kappa shape index (κ2) is 17.3. The fourth-order valence-electron chi connectivity index (χ4n) is 9.70. The van der Waals surface area contributed by atoms with Crippen molar-refractivity contribution in [1.82, 2.24) is 39.7 Å². The number of rotatable bonds is 12. The number of likely N-dealkylation sites (tertiary alicyclic amines) is 2. The molecular weight excluding hydrogens is 847 g/mol. The van der Waals surface area contributed by atoms with E-state index in [4.69, 9.17) is 9.47 Å². The SMILES string of the molecule is N#C[C@@H]1CC(F)(F)CN1C(=O)CNC(=O)c1ccnc2ccc(NC(=O)CCC(=O)N3CCN(C(=O)CCC(C(=O)O)N4C[C@@]56C[C@]7(C4)OC(=O)CN7CCN5CC(=O)O6)CC3)cc12. The van der Waals surface area contributed by atoms with Gasteiger partial charge in [-0.1, -0.05) is 0 Å². The van der Waals surface area contributed by atoms with Crippen molar-refractivity contribution < 1.29 is 61.7 Å². The van der Waals surface area contributed by atoms with Crippen molar-refractivity contribution in [1.29, 1.82) is 5.26 Å². The van der Waals surface area contributed by atoms with Crippen LogP contribution >= 0.6 is 0 Å². The number of hydrogen-bond donors (Lipinski definition) is 3. The van der Waals surface area contributed by atoms with Crippen LogP contribution in [0.2, 0.25) is 0 Å². The van der Waals surface area contributed by atoms with E-state index in [-0.39, 0.29) is 102 Å². The van der Waals surface area contributed by atoms with Crippen LogP contribution in [0.4, 0.5) is 14.5 Å². The Kier molecular flexibility index (Phi) is 12.0. The summed E-state index contributed by atoms with van der Waals surface area (Å²) in [5.74, 6) is -7.90. The van der Waals surface area contributed by atoms with Crippen molar-refractivity contribution in [3.63, 3.8) is 0 Å². The van der Waals surface area contributed by atoms with Crippen LogP contribution in [0, 0.1) is 11.3 Å². The van der Waals surface area contributed by atoms with Gasteiger partial charge in [-0.15, -0.1) is 0 Å². The van der Waals surface area contributed by atoms with Gasteiger partial charge in [0, 0.05) is 82.2 Å². The number of amides is 5. The van der Waals surface area contributed by atoms with Gasteiger partial charge >= 0.3 is 17.9 Å². The number of ether oxygens (including phenoxy) is 2. The fraction of sp³-hybridized carbons (Fsp3) is 0.561. The number of carbonyl (C=O) groups is 8. The number of halogens is 2. The number of piperazine rings is 1. The maximum Gasteiger partial charge on any atom is 0.322 e. The topological polar surface area (TPSA) is 255 Å². The van der Waals surface area contributed by atoms with Crippen molar-refractivity contribution in [3.8, 4) is 6.07 Å². The maximum absolute atomic E-state index is 13.8. The van der Waals surface area contributed by atoms with Gasteiger partial charge in [0.1, 0.15) is 25.2 Å². The summed E-state index contributed by atoms with van der Waals surface area (Å²) in [6, 6.07) is 5.23. The number of anilines is 1. The monoisotopic (exact) mass is 892 g/mol. The fourth-order valence-corrected chi connectivity index (χ4v) is 9.70. The summed E-state index contributed by atoms with van der Waals surface area (Å²) in [5.41, 5.74) is -1.57. The van der Waals surface area contributed by atoms with E-state index in [2.05, 4.69) is 15.6 Å². The number of piperidine rings is 1. The average molecular weight is 893 g/mol. The predicted molar refractivity (Wildman–Crippen MR) is 213 cm³/mol. The molecule has 7 heterocycles. The summed E-state index contributed by atoms with van der Waals surface area (Å²) >= 11 is 0. The number of carboxylic acid groups (broad SMARTS) is 1. The molecule has 340 valence electrons. The van der Waals surface area contributed by atoms with Crippen LogP contribution in [0.15, 0.2) is 30.5 Å². The molecule has 2 aromatic rings. The number of nitrogens with zero attached hydrogens (tertiary/aromatic N) is 8. The highest BCUT2D eigenvalue weighted by atomic mass is 19.3. The largest absolute Gasteiger partial charge is 0.480 e. The van der Waals surface area contributed by atoms with Crippen LogP contribution in [-0.2, 0) is 43.0 Å². The lowest BCUT2D eigenvalue weighted by Crippen LogP contribution is -2.68. The Balaban J connectivity index is 0.800. The summed E-state index contributed by atoms with van der Waals surface area (Å²) in [6.07, 6.45) is 0.287. The van der Waals surface area contributed by atoms with Gasteiger partial charge in [0.25, 0.3) is 11.8 Å². The number of esters is 2. The number of carboxylic acids is 1. The van der Waals surface area contributed by atoms with Crippen molar-refractivity contribution in [2.24, 2.45) is 0 Å². The Labute approximate surface area is 364 Å². The van der Waals surface area contributed by atoms with Crippen molar-refractivity contribution in [2.75, 3.05) is 83.9 Å². The van der Waals surface area contributed by atoms with Gasteiger partial charge in [0.05, 0.1) is 49.7 Å². The van der Waals surface area contributed by atoms with Gasteiger partial charge in [0.15, 0.2) is 11.4 Å². The van der Waals surface area contributed by atoms with Crippen LogP contribution in [-0.4, -0.2) is 195 Å². The summed E-state index contributed by atoms with van der Waals surface area (Å²) in [7, 11) is 0. The summed E-state index contributed by atoms with van der Waals surface area (Å²) in [4.78, 5) is 116. The molecule has 23 heteroatoms. The highest BCUT2D eigenvalue weighted by molar-refractivity contribution is 6.08. The Hall–Kier alpha value is -6.38. The lowest BCUT2D eigenvalue weighted by molar-refractivity contribution is -0.214. The van der Waals surface area contributed by atoms with E-state index in [9.17, 15) is 57.5 Å². The number of carbonyl (C=O) groups excluding carboxylic acids is 7. The standard InChI is InChI=1S/C41H46F2N10O11/c42-39(43)16-26(17-44)53(22-39)34(57)18-46-37(60)27-7-8-45-29-2-1-25(15-28(27)29)47-31(54)4-6-33(56)49-11-9-48(10-12-49)32(55)5-3-30(38(61)62)50-23-40-21-41(24-50)52(20-36(59)64-41)14-13-51(40)19-35(58)63-40/h1-2,7-8,15,26,30H,3-6,9-14,16,18-24H2,(H,46,60)(H,47,54)(H,61,62)/t26-,30?,40-,41+/m0/s1. The van der Waals surface area contributed by atoms with Gasteiger partial charge in [-0.05, 0) is 30.7 Å². The van der Waals surface area contributed by atoms with Gasteiger partial charge in [-0.25, -0.2) is 8.78 Å². The molecule has 6 aliphatic heterocycles. The number of alkyl halides is 2. The number of aromatic nitrogens is 1. The molecule has 3 N–H and O–H groups in total. The quantitative estimate of drug-likeness (QED) is 0.220. The molecule has 0 saturated carbocycles. The van der Waals surface area contributed by atoms with Crippen molar-refractivity contribution >= 4 is 64.0 Å². The number of hydrogen-bond acceptors (Lipinski definition) is 15. The Morgan fingerprint density at radius 3 is 2.09 bits per heavy atom. The van der Waals surface area contributed by atoms with Crippen LogP contribution in [0.3, 0.4) is 0 Å². The number of aliphatic carboxylic acids is 1. The summed E-state index contributed by atoms with van der Waals surface area (Å²) < 4.78 is 39.3. The molecular formula is C41H46F2N10O11. The highest BCUT2D eigenvalue weighted by Gasteiger charge is 2.65. The number of nitrogens with one attached hydrogen (secondary N) is 2. The molecule has 0 aliphatic carbocycles. The minimum atomic E-state index is -3.21. The molecule has 4 atom stereocenters. The van der Waals surface area contributed by atoms with E-state index in [0.29, 0.717) is 29.7 Å². The number of fused-ring (bicyclic) bond motifs is 1. The minimum absolute atomic E-state index is 0.0369. The van der Waals surface area contributed by atoms with Gasteiger partial charge < -0.3 is 39.9 Å². The zero-order valence-corrected chi connectivity index (χ0v) is 34.6. The number of pyridine rings is 1. The first-order chi connectivity index (χ1) is 30.5. The predicted octanol–water partition coefficient (Wildman–Crippen LogP) is -0.823. The molecule has 5 amide bonds. The molecule has 6 aliphatic rings. The number of benzene rings is 1. The van der Waals surface area contributed by atoms with E-state index < -0.39 is 84.6 Å². The van der Waals surface area contributed by atoms with Gasteiger partial charge in [-0.2, -0.15) is 5.26 Å². The zero-order valence-electron chi connectivity index (χ0n) is 34.6. The third-order valence-corrected chi connectivity index (χ3v) is 12.8. The molecule has 1 aromatic carbocycles. The summed E-state index contributed by atoms with van der Waals surface area (Å²) in [6.45, 7) is 0.332. The third kappa shape index (κ3) is 8.89. The van der Waals surface area contributed by atoms with E-state index in [0.717, 1.165) is 4.90 Å². The van der Waals surface area contributed by atoms with E-state index >= 15 is 0 Å². The molecule has 21 nitrogen and oxygen atoms in total. The first-order valence-corrected chi connectivity index (χ1v) is 21.0. The molecule has 6 fully saturated rings. The Morgan fingerprint density at radius 1 is 0.859 bits per heavy atom. The van der Waals surface area contributed by atoms with Crippen molar-refractivity contribution in [3.05, 3.63) is 36.0 Å². The second-order valence-corrected chi connectivity index (χ2v) is 17.0. The molecule has 1 aromatic heterocycles. The Morgan fingerprint density at radius 2 is 1.48 bits per heavy atom. The van der Waals surface area contributed by atoms with Gasteiger partial charge in [0.2, 0.25) is 23.6 Å². The lowest BCUT2D eigenvalue weighted by atomic mass is 9.90. The van der Waals surface area contributed by atoms with E-state index in [1.807, 2.05) is 9.80 Å². The van der Waals surface area contributed by atoms with Crippen molar-refractivity contribution in [2.45, 2.75) is 68.0 Å². The zero-order chi connectivity index (χ0) is 45.6. The normalized spacial score (nSPS) is 26.0. The smallest absolute Gasteiger partial charge is 0.322 e. The third-order valence-electron chi connectivity index (χ3n) is 12.8. The first-order valence-electron chi connectivity index (χ1n) is 21.0. The second-order valence-electron chi connectivity index (χ2n) is 17.0. The maximum atomic E-state index is 13.8. The molecule has 8 rings (SSSR count). The first kappa shape index (κ1) is 44.2. The van der Waals surface area contributed by atoms with Crippen LogP contribution in [0.1, 0.15) is 48.9 Å². The molecule has 6 saturated heterocycles. The van der Waals surface area contributed by atoms with Crippen LogP contribution in [0.25, 0.3) is 10.9 Å².